The van der Waals surface area contributed by atoms with Crippen molar-refractivity contribution in [1.29, 1.82) is 5.26 Å². The molecule has 0 spiro atoms. The summed E-state index contributed by atoms with van der Waals surface area (Å²) in [7, 11) is 0. The van der Waals surface area contributed by atoms with Crippen molar-refractivity contribution in [3.8, 4) is 17.5 Å². The molecule has 0 atom stereocenters. The van der Waals surface area contributed by atoms with E-state index in [0.29, 0.717) is 42.1 Å². The molecule has 152 valence electrons. The summed E-state index contributed by atoms with van der Waals surface area (Å²) in [6, 6.07) is 9.53. The van der Waals surface area contributed by atoms with Crippen LogP contribution < -0.4 is 11.2 Å². The number of nitrogens with one attached hydrogen (secondary N) is 2. The maximum absolute atomic E-state index is 12.6. The third-order valence-electron chi connectivity index (χ3n) is 5.05. The average Bonchev–Trinajstić information content (AvgIpc) is 3.33. The molecule has 30 heavy (non-hydrogen) atoms. The van der Waals surface area contributed by atoms with Crippen molar-refractivity contribution in [1.82, 2.24) is 29.3 Å². The minimum Gasteiger partial charge on any atom is -0.318 e. The summed E-state index contributed by atoms with van der Waals surface area (Å²) in [5.74, 6) is 0.588. The molecular formula is C21H21N7O2. The minimum atomic E-state index is -0.469. The molecule has 9 nitrogen and oxygen atoms in total. The highest BCUT2D eigenvalue weighted by molar-refractivity contribution is 5.77. The largest absolute Gasteiger partial charge is 0.330 e. The normalized spacial score (nSPS) is 11.1. The van der Waals surface area contributed by atoms with Crippen LogP contribution in [-0.2, 0) is 19.5 Å². The number of nitriles is 1. The zero-order valence-electron chi connectivity index (χ0n) is 16.8. The first kappa shape index (κ1) is 19.4. The third kappa shape index (κ3) is 3.22. The fourth-order valence-corrected chi connectivity index (χ4v) is 3.71. The zero-order chi connectivity index (χ0) is 21.3. The number of imidazole rings is 1. The van der Waals surface area contributed by atoms with Crippen molar-refractivity contribution in [3.05, 3.63) is 68.1 Å². The van der Waals surface area contributed by atoms with Crippen LogP contribution in [0.15, 0.2) is 40.1 Å². The SMILES string of the molecule is CCCn1c(-c2cn[nH]c2Cc2cccc(C#N)c2)nc2c1c(=O)[nH]c(=O)n2CC. The average molecular weight is 403 g/mol. The molecule has 4 aromatic rings. The number of H-pyrrole nitrogens is 2. The summed E-state index contributed by atoms with van der Waals surface area (Å²) in [5, 5.41) is 16.4. The van der Waals surface area contributed by atoms with Gasteiger partial charge in [-0.2, -0.15) is 10.4 Å². The summed E-state index contributed by atoms with van der Waals surface area (Å²) in [5.41, 5.74) is 2.96. The van der Waals surface area contributed by atoms with Gasteiger partial charge >= 0.3 is 5.69 Å². The van der Waals surface area contributed by atoms with Gasteiger partial charge in [0.05, 0.1) is 29.1 Å². The van der Waals surface area contributed by atoms with Gasteiger partial charge in [0.25, 0.3) is 5.56 Å². The number of aromatic amines is 2. The lowest BCUT2D eigenvalue weighted by molar-refractivity contribution is 0.694. The molecule has 0 unspecified atom stereocenters. The first-order valence-electron chi connectivity index (χ1n) is 9.82. The van der Waals surface area contributed by atoms with Crippen LogP contribution in [0.2, 0.25) is 0 Å². The van der Waals surface area contributed by atoms with Crippen LogP contribution in [0, 0.1) is 11.3 Å². The Morgan fingerprint density at radius 3 is 2.77 bits per heavy atom. The van der Waals surface area contributed by atoms with Crippen molar-refractivity contribution in [3.63, 3.8) is 0 Å². The van der Waals surface area contributed by atoms with Gasteiger partial charge in [-0.3, -0.25) is 19.4 Å². The minimum absolute atomic E-state index is 0.369. The van der Waals surface area contributed by atoms with Crippen molar-refractivity contribution in [2.75, 3.05) is 0 Å². The van der Waals surface area contributed by atoms with E-state index in [2.05, 4.69) is 21.3 Å². The smallest absolute Gasteiger partial charge is 0.318 e. The molecule has 0 bridgehead atoms. The lowest BCUT2D eigenvalue weighted by Gasteiger charge is -2.08. The van der Waals surface area contributed by atoms with Crippen LogP contribution in [0.25, 0.3) is 22.6 Å². The maximum Gasteiger partial charge on any atom is 0.330 e. The van der Waals surface area contributed by atoms with Gasteiger partial charge in [-0.05, 0) is 31.0 Å². The lowest BCUT2D eigenvalue weighted by atomic mass is 10.0. The van der Waals surface area contributed by atoms with Gasteiger partial charge in [0.2, 0.25) is 0 Å². The number of benzene rings is 1. The van der Waals surface area contributed by atoms with E-state index in [1.165, 1.54) is 4.57 Å². The van der Waals surface area contributed by atoms with Crippen molar-refractivity contribution in [2.24, 2.45) is 0 Å². The Bertz CT molecular complexity index is 1380. The van der Waals surface area contributed by atoms with E-state index in [4.69, 9.17) is 10.2 Å². The number of aryl methyl sites for hydroxylation is 2. The fourth-order valence-electron chi connectivity index (χ4n) is 3.71. The van der Waals surface area contributed by atoms with Gasteiger partial charge in [-0.1, -0.05) is 19.1 Å². The van der Waals surface area contributed by atoms with E-state index in [-0.39, 0.29) is 0 Å². The molecule has 3 aromatic heterocycles. The standard InChI is InChI=1S/C21H21N7O2/c1-3-8-28-17-19(27(4-2)21(30)25-20(17)29)24-18(28)15-12-23-26-16(15)10-13-6-5-7-14(9-13)11-22/h5-7,9,12H,3-4,8,10H2,1-2H3,(H,23,26)(H,25,29,30). The van der Waals surface area contributed by atoms with E-state index in [1.807, 2.05) is 36.6 Å². The maximum atomic E-state index is 12.6. The van der Waals surface area contributed by atoms with Gasteiger partial charge in [0.15, 0.2) is 11.2 Å². The second kappa shape index (κ2) is 7.83. The lowest BCUT2D eigenvalue weighted by Crippen LogP contribution is -2.30. The molecular weight excluding hydrogens is 382 g/mol. The molecule has 0 aliphatic heterocycles. The Balaban J connectivity index is 1.90. The van der Waals surface area contributed by atoms with Crippen LogP contribution in [0.5, 0.6) is 0 Å². The Hall–Kier alpha value is -3.93. The van der Waals surface area contributed by atoms with Crippen LogP contribution in [-0.4, -0.2) is 29.3 Å². The predicted octanol–water partition coefficient (Wildman–Crippen LogP) is 2.17. The van der Waals surface area contributed by atoms with Crippen molar-refractivity contribution >= 4 is 11.2 Å². The van der Waals surface area contributed by atoms with Crippen molar-refractivity contribution < 1.29 is 0 Å². The molecule has 0 saturated carbocycles. The highest BCUT2D eigenvalue weighted by Crippen LogP contribution is 2.26. The van der Waals surface area contributed by atoms with Crippen LogP contribution in [0.1, 0.15) is 37.1 Å². The second-order valence-electron chi connectivity index (χ2n) is 7.01. The molecule has 0 fully saturated rings. The van der Waals surface area contributed by atoms with Gasteiger partial charge in [0.1, 0.15) is 5.82 Å². The fraction of sp³-hybridized carbons (Fsp3) is 0.286. The number of nitrogens with zero attached hydrogens (tertiary/aromatic N) is 5. The Morgan fingerprint density at radius 1 is 1.20 bits per heavy atom. The molecule has 0 amide bonds. The van der Waals surface area contributed by atoms with Gasteiger partial charge < -0.3 is 4.57 Å². The summed E-state index contributed by atoms with van der Waals surface area (Å²) in [4.78, 5) is 31.9. The molecule has 0 aliphatic rings. The van der Waals surface area contributed by atoms with Crippen molar-refractivity contribution in [2.45, 2.75) is 39.8 Å². The quantitative estimate of drug-likeness (QED) is 0.510. The van der Waals surface area contributed by atoms with Gasteiger partial charge in [0, 0.05) is 19.5 Å². The van der Waals surface area contributed by atoms with Crippen LogP contribution in [0.4, 0.5) is 0 Å². The Labute approximate surface area is 171 Å². The number of hydrogen-bond donors (Lipinski definition) is 2. The summed E-state index contributed by atoms with van der Waals surface area (Å²) >= 11 is 0. The highest BCUT2D eigenvalue weighted by atomic mass is 16.2. The van der Waals surface area contributed by atoms with Gasteiger partial charge in [-0.15, -0.1) is 0 Å². The van der Waals surface area contributed by atoms with Crippen LogP contribution in [0.3, 0.4) is 0 Å². The molecule has 1 aromatic carbocycles. The second-order valence-corrected chi connectivity index (χ2v) is 7.01. The number of fused-ring (bicyclic) bond motifs is 1. The summed E-state index contributed by atoms with van der Waals surface area (Å²) in [6.07, 6.45) is 3.00. The van der Waals surface area contributed by atoms with E-state index < -0.39 is 11.2 Å². The predicted molar refractivity (Wildman–Crippen MR) is 112 cm³/mol. The Morgan fingerprint density at radius 2 is 2.03 bits per heavy atom. The van der Waals surface area contributed by atoms with E-state index in [1.54, 1.807) is 12.3 Å². The highest BCUT2D eigenvalue weighted by Gasteiger charge is 2.21. The molecule has 9 heteroatoms. The van der Waals surface area contributed by atoms with E-state index in [9.17, 15) is 9.59 Å². The first-order chi connectivity index (χ1) is 14.6. The van der Waals surface area contributed by atoms with E-state index >= 15 is 0 Å². The monoisotopic (exact) mass is 403 g/mol. The number of rotatable bonds is 6. The number of aromatic nitrogens is 6. The van der Waals surface area contributed by atoms with E-state index in [0.717, 1.165) is 23.2 Å². The molecule has 0 saturated heterocycles. The Kier molecular flexibility index (Phi) is 5.06. The molecule has 4 rings (SSSR count). The van der Waals surface area contributed by atoms with Gasteiger partial charge in [-0.25, -0.2) is 9.78 Å². The molecule has 0 aliphatic carbocycles. The summed E-state index contributed by atoms with van der Waals surface area (Å²) in [6.45, 7) is 4.83. The topological polar surface area (TPSA) is 125 Å². The number of hydrogen-bond acceptors (Lipinski definition) is 5. The zero-order valence-corrected chi connectivity index (χ0v) is 16.8. The van der Waals surface area contributed by atoms with Crippen LogP contribution >= 0.6 is 0 Å². The summed E-state index contributed by atoms with van der Waals surface area (Å²) < 4.78 is 3.31. The first-order valence-corrected chi connectivity index (χ1v) is 9.82. The molecule has 3 heterocycles. The molecule has 2 N–H and O–H groups in total. The molecule has 0 radical (unpaired) electrons. The third-order valence-corrected chi connectivity index (χ3v) is 5.05.